The van der Waals surface area contributed by atoms with Gasteiger partial charge in [0.15, 0.2) is 0 Å². The number of hydrogen-bond acceptors (Lipinski definition) is 3. The van der Waals surface area contributed by atoms with Crippen LogP contribution in [0.1, 0.15) is 11.1 Å². The Morgan fingerprint density at radius 3 is 2.07 bits per heavy atom. The molecule has 1 saturated heterocycles. The fourth-order valence-corrected chi connectivity index (χ4v) is 1.46. The van der Waals surface area contributed by atoms with Crippen LogP contribution < -0.4 is 0 Å². The molecule has 0 unspecified atom stereocenters. The summed E-state index contributed by atoms with van der Waals surface area (Å²) >= 11 is 0. The SMILES string of the molecule is CN1CCOC1.Cc1cc(C)cc(O)c1. The number of ether oxygens (including phenoxy) is 1. The molecule has 0 aliphatic carbocycles. The van der Waals surface area contributed by atoms with Gasteiger partial charge >= 0.3 is 0 Å². The highest BCUT2D eigenvalue weighted by Crippen LogP contribution is 2.13. The number of nitrogens with zero attached hydrogens (tertiary/aromatic N) is 1. The molecule has 1 aliphatic rings. The van der Waals surface area contributed by atoms with E-state index < -0.39 is 0 Å². The van der Waals surface area contributed by atoms with E-state index in [1.807, 2.05) is 27.0 Å². The van der Waals surface area contributed by atoms with Crippen LogP contribution in [0.2, 0.25) is 0 Å². The molecule has 1 aliphatic heterocycles. The van der Waals surface area contributed by atoms with Gasteiger partial charge in [0, 0.05) is 6.54 Å². The van der Waals surface area contributed by atoms with Gasteiger partial charge < -0.3 is 9.84 Å². The van der Waals surface area contributed by atoms with Gasteiger partial charge in [-0.25, -0.2) is 0 Å². The van der Waals surface area contributed by atoms with Gasteiger partial charge in [-0.05, 0) is 44.2 Å². The van der Waals surface area contributed by atoms with E-state index in [1.54, 1.807) is 12.1 Å². The van der Waals surface area contributed by atoms with Gasteiger partial charge in [-0.15, -0.1) is 0 Å². The lowest BCUT2D eigenvalue weighted by atomic mass is 10.1. The summed E-state index contributed by atoms with van der Waals surface area (Å²) in [5.74, 6) is 0.354. The van der Waals surface area contributed by atoms with Gasteiger partial charge in [-0.3, -0.25) is 4.90 Å². The first-order valence-corrected chi connectivity index (χ1v) is 5.11. The number of rotatable bonds is 0. The number of phenolic OH excluding ortho intramolecular Hbond substituents is 1. The van der Waals surface area contributed by atoms with Crippen molar-refractivity contribution in [2.24, 2.45) is 0 Å². The summed E-state index contributed by atoms with van der Waals surface area (Å²) in [5.41, 5.74) is 2.21. The van der Waals surface area contributed by atoms with Crippen molar-refractivity contribution in [1.82, 2.24) is 4.90 Å². The molecular weight excluding hydrogens is 190 g/mol. The Morgan fingerprint density at radius 2 is 1.80 bits per heavy atom. The fourth-order valence-electron chi connectivity index (χ4n) is 1.46. The largest absolute Gasteiger partial charge is 0.508 e. The molecule has 0 amide bonds. The lowest BCUT2D eigenvalue weighted by molar-refractivity contribution is 0.154. The third-order valence-electron chi connectivity index (χ3n) is 2.14. The van der Waals surface area contributed by atoms with Gasteiger partial charge in [0.2, 0.25) is 0 Å². The molecule has 0 atom stereocenters. The van der Waals surface area contributed by atoms with Crippen molar-refractivity contribution < 1.29 is 9.84 Å². The third kappa shape index (κ3) is 4.81. The summed E-state index contributed by atoms with van der Waals surface area (Å²) in [6.07, 6.45) is 0. The van der Waals surface area contributed by atoms with Crippen molar-refractivity contribution in [1.29, 1.82) is 0 Å². The second kappa shape index (κ2) is 5.73. The second-order valence-electron chi connectivity index (χ2n) is 3.96. The lowest BCUT2D eigenvalue weighted by Crippen LogP contribution is -2.11. The smallest absolute Gasteiger partial charge is 0.116 e. The number of likely N-dealkylation sites (N-methyl/N-ethyl adjacent to an activating group) is 1. The summed E-state index contributed by atoms with van der Waals surface area (Å²) in [6.45, 7) is 6.76. The van der Waals surface area contributed by atoms with Crippen LogP contribution in [0.25, 0.3) is 0 Å². The molecule has 3 heteroatoms. The summed E-state index contributed by atoms with van der Waals surface area (Å²) in [4.78, 5) is 2.14. The molecule has 0 spiro atoms. The first kappa shape index (κ1) is 12.0. The van der Waals surface area contributed by atoms with Crippen LogP contribution in [0.15, 0.2) is 18.2 Å². The zero-order valence-electron chi connectivity index (χ0n) is 9.66. The summed E-state index contributed by atoms with van der Waals surface area (Å²) in [5, 5.41) is 8.99. The van der Waals surface area contributed by atoms with Gasteiger partial charge in [0.1, 0.15) is 5.75 Å². The Labute approximate surface area is 91.3 Å². The summed E-state index contributed by atoms with van der Waals surface area (Å²) in [7, 11) is 2.05. The molecule has 1 aromatic carbocycles. The Morgan fingerprint density at radius 1 is 1.20 bits per heavy atom. The van der Waals surface area contributed by atoms with Crippen molar-refractivity contribution in [2.75, 3.05) is 26.9 Å². The highest BCUT2D eigenvalue weighted by atomic mass is 16.5. The predicted octanol–water partition coefficient (Wildman–Crippen LogP) is 1.91. The molecule has 0 saturated carbocycles. The fraction of sp³-hybridized carbons (Fsp3) is 0.500. The maximum absolute atomic E-state index is 8.99. The van der Waals surface area contributed by atoms with E-state index in [0.29, 0.717) is 5.75 Å². The molecule has 1 heterocycles. The van der Waals surface area contributed by atoms with Crippen molar-refractivity contribution in [3.05, 3.63) is 29.3 Å². The van der Waals surface area contributed by atoms with E-state index in [0.717, 1.165) is 31.0 Å². The van der Waals surface area contributed by atoms with Crippen LogP contribution in [-0.2, 0) is 4.74 Å². The van der Waals surface area contributed by atoms with Crippen LogP contribution in [-0.4, -0.2) is 36.9 Å². The number of aromatic hydroxyl groups is 1. The highest BCUT2D eigenvalue weighted by molar-refractivity contribution is 5.31. The van der Waals surface area contributed by atoms with Gasteiger partial charge in [0.05, 0.1) is 13.3 Å². The minimum absolute atomic E-state index is 0.354. The molecule has 1 N–H and O–H groups in total. The normalized spacial score (nSPS) is 15.9. The summed E-state index contributed by atoms with van der Waals surface area (Å²) in [6, 6.07) is 5.51. The average Bonchev–Trinajstić information content (AvgIpc) is 2.54. The molecule has 0 bridgehead atoms. The zero-order valence-corrected chi connectivity index (χ0v) is 9.66. The summed E-state index contributed by atoms with van der Waals surface area (Å²) < 4.78 is 4.98. The number of benzene rings is 1. The number of phenols is 1. The van der Waals surface area contributed by atoms with E-state index in [-0.39, 0.29) is 0 Å². The van der Waals surface area contributed by atoms with Gasteiger partial charge in [0.25, 0.3) is 0 Å². The zero-order chi connectivity index (χ0) is 11.3. The molecule has 2 rings (SSSR count). The molecule has 0 aromatic heterocycles. The van der Waals surface area contributed by atoms with E-state index >= 15 is 0 Å². The number of aryl methyl sites for hydroxylation is 2. The maximum Gasteiger partial charge on any atom is 0.116 e. The molecule has 0 radical (unpaired) electrons. The standard InChI is InChI=1S/C8H10O.C4H9NO/c1-6-3-7(2)5-8(9)4-6;1-5-2-3-6-4-5/h3-5,9H,1-2H3;2-4H2,1H3. The minimum Gasteiger partial charge on any atom is -0.508 e. The maximum atomic E-state index is 8.99. The van der Waals surface area contributed by atoms with E-state index in [2.05, 4.69) is 4.90 Å². The van der Waals surface area contributed by atoms with Crippen LogP contribution in [0.5, 0.6) is 5.75 Å². The molecule has 1 aromatic rings. The average molecular weight is 209 g/mol. The van der Waals surface area contributed by atoms with E-state index in [4.69, 9.17) is 9.84 Å². The third-order valence-corrected chi connectivity index (χ3v) is 2.14. The second-order valence-corrected chi connectivity index (χ2v) is 3.96. The molecular formula is C12H19NO2. The predicted molar refractivity (Wildman–Crippen MR) is 61.0 cm³/mol. The van der Waals surface area contributed by atoms with Crippen molar-refractivity contribution in [3.63, 3.8) is 0 Å². The lowest BCUT2D eigenvalue weighted by Gasteiger charge is -1.98. The van der Waals surface area contributed by atoms with Crippen LogP contribution >= 0.6 is 0 Å². The van der Waals surface area contributed by atoms with Gasteiger partial charge in [-0.2, -0.15) is 0 Å². The minimum atomic E-state index is 0.354. The van der Waals surface area contributed by atoms with E-state index in [1.165, 1.54) is 0 Å². The Hall–Kier alpha value is -1.06. The van der Waals surface area contributed by atoms with Crippen LogP contribution in [0.4, 0.5) is 0 Å². The van der Waals surface area contributed by atoms with Crippen LogP contribution in [0, 0.1) is 13.8 Å². The quantitative estimate of drug-likeness (QED) is 0.708. The van der Waals surface area contributed by atoms with Crippen molar-refractivity contribution in [3.8, 4) is 5.75 Å². The molecule has 15 heavy (non-hydrogen) atoms. The first-order valence-electron chi connectivity index (χ1n) is 5.11. The van der Waals surface area contributed by atoms with E-state index in [9.17, 15) is 0 Å². The van der Waals surface area contributed by atoms with Gasteiger partial charge in [-0.1, -0.05) is 6.07 Å². The molecule has 3 nitrogen and oxygen atoms in total. The Balaban J connectivity index is 0.000000162. The number of hydrogen-bond donors (Lipinski definition) is 1. The van der Waals surface area contributed by atoms with Crippen molar-refractivity contribution in [2.45, 2.75) is 13.8 Å². The topological polar surface area (TPSA) is 32.7 Å². The molecule has 84 valence electrons. The Bertz CT molecular complexity index is 256. The molecule has 1 fully saturated rings. The first-order chi connectivity index (χ1) is 7.08. The highest BCUT2D eigenvalue weighted by Gasteiger charge is 2.03. The van der Waals surface area contributed by atoms with Crippen molar-refractivity contribution >= 4 is 0 Å². The Kier molecular flexibility index (Phi) is 4.59. The van der Waals surface area contributed by atoms with Crippen LogP contribution in [0.3, 0.4) is 0 Å². The monoisotopic (exact) mass is 209 g/mol.